The van der Waals surface area contributed by atoms with Gasteiger partial charge in [0.2, 0.25) is 0 Å². The van der Waals surface area contributed by atoms with Crippen LogP contribution >= 0.6 is 0 Å². The molecule has 158 valence electrons. The van der Waals surface area contributed by atoms with Crippen molar-refractivity contribution in [2.75, 3.05) is 13.7 Å². The van der Waals surface area contributed by atoms with Gasteiger partial charge < -0.3 is 4.90 Å². The predicted molar refractivity (Wildman–Crippen MR) is 111 cm³/mol. The molecule has 0 spiro atoms. The molecule has 31 heavy (non-hydrogen) atoms. The molecule has 1 aliphatic rings. The quantitative estimate of drug-likeness (QED) is 0.452. The standard InChI is InChI=1S/C22H22N6O3/c1-16(18-8-10-19(11-9-18)28-14-23-13-24-28)25(2)15-27-21(30)20(29)26(22(27)31)12-17-6-4-3-5-7-17/h3-11,13-14,16H,12,15H2,1-2H3/p+1/t16-/m0/s1. The summed E-state index contributed by atoms with van der Waals surface area (Å²) in [7, 11) is 1.89. The minimum atomic E-state index is -0.786. The van der Waals surface area contributed by atoms with Crippen LogP contribution in [0.4, 0.5) is 4.79 Å². The van der Waals surface area contributed by atoms with E-state index < -0.39 is 17.8 Å². The fourth-order valence-corrected chi connectivity index (χ4v) is 3.52. The van der Waals surface area contributed by atoms with E-state index in [1.54, 1.807) is 11.0 Å². The summed E-state index contributed by atoms with van der Waals surface area (Å²) >= 11 is 0. The average Bonchev–Trinajstić information content (AvgIpc) is 3.40. The van der Waals surface area contributed by atoms with Crippen LogP contribution in [-0.4, -0.2) is 56.1 Å². The second-order valence-corrected chi connectivity index (χ2v) is 7.55. The van der Waals surface area contributed by atoms with Crippen molar-refractivity contribution >= 4 is 17.8 Å². The first-order chi connectivity index (χ1) is 15.0. The summed E-state index contributed by atoms with van der Waals surface area (Å²) in [6.07, 6.45) is 3.10. The van der Waals surface area contributed by atoms with Gasteiger partial charge >= 0.3 is 17.8 Å². The van der Waals surface area contributed by atoms with E-state index in [0.29, 0.717) is 0 Å². The van der Waals surface area contributed by atoms with E-state index in [4.69, 9.17) is 0 Å². The van der Waals surface area contributed by atoms with E-state index in [1.165, 1.54) is 6.33 Å². The molecule has 0 bridgehead atoms. The van der Waals surface area contributed by atoms with E-state index in [1.807, 2.05) is 68.6 Å². The van der Waals surface area contributed by atoms with Gasteiger partial charge in [-0.1, -0.05) is 42.5 Å². The Kier molecular flexibility index (Phi) is 5.59. The zero-order valence-corrected chi connectivity index (χ0v) is 17.3. The van der Waals surface area contributed by atoms with Crippen LogP contribution in [0.3, 0.4) is 0 Å². The van der Waals surface area contributed by atoms with Crippen LogP contribution in [0, 0.1) is 0 Å². The molecule has 2 atom stereocenters. The number of carbonyl (C=O) groups is 3. The van der Waals surface area contributed by atoms with Gasteiger partial charge in [0, 0.05) is 5.56 Å². The van der Waals surface area contributed by atoms with Gasteiger partial charge in [-0.15, -0.1) is 0 Å². The molecular weight excluding hydrogens is 396 g/mol. The van der Waals surface area contributed by atoms with Crippen LogP contribution in [0.2, 0.25) is 0 Å². The van der Waals surface area contributed by atoms with Gasteiger partial charge in [0.1, 0.15) is 18.7 Å². The number of urea groups is 1. The first-order valence-electron chi connectivity index (χ1n) is 9.94. The van der Waals surface area contributed by atoms with Crippen LogP contribution in [0.15, 0.2) is 67.3 Å². The summed E-state index contributed by atoms with van der Waals surface area (Å²) in [5.74, 6) is -1.57. The number of hydrogen-bond acceptors (Lipinski definition) is 5. The van der Waals surface area contributed by atoms with Crippen molar-refractivity contribution in [2.45, 2.75) is 19.5 Å². The SMILES string of the molecule is C[C@@H](c1ccc(-n2cncn2)cc1)[NH+](C)CN1C(=O)C(=O)N(Cc2ccccc2)C1=O. The van der Waals surface area contributed by atoms with Gasteiger partial charge in [0.15, 0.2) is 6.67 Å². The smallest absolute Gasteiger partial charge is 0.314 e. The molecule has 0 radical (unpaired) electrons. The van der Waals surface area contributed by atoms with Crippen LogP contribution in [0.5, 0.6) is 0 Å². The number of benzene rings is 2. The minimum absolute atomic E-state index is 0.0105. The van der Waals surface area contributed by atoms with Crippen LogP contribution in [-0.2, 0) is 16.1 Å². The molecule has 4 amide bonds. The van der Waals surface area contributed by atoms with E-state index in [9.17, 15) is 14.4 Å². The summed E-state index contributed by atoms with van der Waals surface area (Å²) in [6, 6.07) is 16.4. The Bertz CT molecular complexity index is 1080. The lowest BCUT2D eigenvalue weighted by atomic mass is 10.1. The number of rotatable bonds is 7. The third-order valence-corrected chi connectivity index (χ3v) is 5.54. The monoisotopic (exact) mass is 419 g/mol. The van der Waals surface area contributed by atoms with Crippen molar-refractivity contribution in [3.8, 4) is 5.69 Å². The molecule has 1 saturated heterocycles. The van der Waals surface area contributed by atoms with Crippen molar-refractivity contribution in [1.82, 2.24) is 24.6 Å². The first-order valence-corrected chi connectivity index (χ1v) is 9.94. The Balaban J connectivity index is 1.43. The van der Waals surface area contributed by atoms with Gasteiger partial charge in [-0.3, -0.25) is 14.5 Å². The van der Waals surface area contributed by atoms with Crippen LogP contribution in [0.1, 0.15) is 24.1 Å². The molecule has 4 rings (SSSR count). The van der Waals surface area contributed by atoms with Crippen molar-refractivity contribution in [2.24, 2.45) is 0 Å². The molecule has 1 aromatic heterocycles. The maximum atomic E-state index is 12.8. The Morgan fingerprint density at radius 3 is 2.26 bits per heavy atom. The average molecular weight is 419 g/mol. The number of hydrogen-bond donors (Lipinski definition) is 1. The molecular formula is C22H23N6O3+. The third-order valence-electron chi connectivity index (χ3n) is 5.54. The highest BCUT2D eigenvalue weighted by Crippen LogP contribution is 2.16. The normalized spacial score (nSPS) is 16.1. The van der Waals surface area contributed by atoms with Crippen molar-refractivity contribution < 1.29 is 19.3 Å². The second-order valence-electron chi connectivity index (χ2n) is 7.55. The number of carbonyl (C=O) groups excluding carboxylic acids is 3. The van der Waals surface area contributed by atoms with Gasteiger partial charge in [0.25, 0.3) is 0 Å². The molecule has 9 heteroatoms. The largest absolute Gasteiger partial charge is 0.339 e. The summed E-state index contributed by atoms with van der Waals surface area (Å²) in [6.45, 7) is 2.19. The lowest BCUT2D eigenvalue weighted by Gasteiger charge is -2.25. The van der Waals surface area contributed by atoms with Gasteiger partial charge in [-0.2, -0.15) is 5.10 Å². The molecule has 1 unspecified atom stereocenters. The first kappa shape index (κ1) is 20.4. The lowest BCUT2D eigenvalue weighted by molar-refractivity contribution is -0.917. The number of quaternary nitrogens is 1. The number of nitrogens with one attached hydrogen (secondary N) is 1. The number of imide groups is 2. The van der Waals surface area contributed by atoms with Crippen molar-refractivity contribution in [3.05, 3.63) is 78.4 Å². The number of nitrogens with zero attached hydrogens (tertiary/aromatic N) is 5. The summed E-state index contributed by atoms with van der Waals surface area (Å²) < 4.78 is 1.67. The van der Waals surface area contributed by atoms with E-state index in [0.717, 1.165) is 31.5 Å². The van der Waals surface area contributed by atoms with E-state index >= 15 is 0 Å². The molecule has 9 nitrogen and oxygen atoms in total. The molecule has 0 saturated carbocycles. The molecule has 1 aliphatic heterocycles. The van der Waals surface area contributed by atoms with Crippen LogP contribution < -0.4 is 4.90 Å². The Labute approximate surface area is 179 Å². The fourth-order valence-electron chi connectivity index (χ4n) is 3.52. The van der Waals surface area contributed by atoms with Gasteiger partial charge in [0.05, 0.1) is 19.3 Å². The Hall–Kier alpha value is -3.85. The molecule has 0 aliphatic carbocycles. The molecule has 2 heterocycles. The summed E-state index contributed by atoms with van der Waals surface area (Å²) in [5.41, 5.74) is 2.71. The molecule has 2 aromatic carbocycles. The second kappa shape index (κ2) is 8.49. The highest BCUT2D eigenvalue weighted by molar-refractivity contribution is 6.44. The fraction of sp³-hybridized carbons (Fsp3) is 0.227. The molecule has 3 aromatic rings. The van der Waals surface area contributed by atoms with E-state index in [2.05, 4.69) is 10.1 Å². The maximum absolute atomic E-state index is 12.8. The highest BCUT2D eigenvalue weighted by atomic mass is 16.2. The number of aromatic nitrogens is 3. The van der Waals surface area contributed by atoms with Crippen LogP contribution in [0.25, 0.3) is 5.69 Å². The summed E-state index contributed by atoms with van der Waals surface area (Å²) in [5, 5.41) is 4.11. The Morgan fingerprint density at radius 1 is 0.935 bits per heavy atom. The zero-order valence-electron chi connectivity index (χ0n) is 17.3. The van der Waals surface area contributed by atoms with E-state index in [-0.39, 0.29) is 19.3 Å². The number of amides is 4. The lowest BCUT2D eigenvalue weighted by Crippen LogP contribution is -3.10. The van der Waals surface area contributed by atoms with Crippen molar-refractivity contribution in [3.63, 3.8) is 0 Å². The highest BCUT2D eigenvalue weighted by Gasteiger charge is 2.46. The topological polar surface area (TPSA) is 92.8 Å². The zero-order chi connectivity index (χ0) is 22.0. The summed E-state index contributed by atoms with van der Waals surface area (Å²) in [4.78, 5) is 44.5. The predicted octanol–water partition coefficient (Wildman–Crippen LogP) is 0.791. The van der Waals surface area contributed by atoms with Gasteiger partial charge in [-0.05, 0) is 24.6 Å². The maximum Gasteiger partial charge on any atom is 0.339 e. The third kappa shape index (κ3) is 4.08. The molecule has 1 fully saturated rings. The molecule has 1 N–H and O–H groups in total. The Morgan fingerprint density at radius 2 is 1.61 bits per heavy atom. The van der Waals surface area contributed by atoms with Gasteiger partial charge in [-0.25, -0.2) is 19.4 Å². The van der Waals surface area contributed by atoms with Crippen molar-refractivity contribution in [1.29, 1.82) is 0 Å². The minimum Gasteiger partial charge on any atom is -0.314 e.